The van der Waals surface area contributed by atoms with Crippen molar-refractivity contribution in [3.8, 4) is 5.75 Å². The predicted octanol–water partition coefficient (Wildman–Crippen LogP) is 3.66. The molecular formula is C24H20F3N3O3. The zero-order valence-corrected chi connectivity index (χ0v) is 17.7. The molecule has 0 N–H and O–H groups in total. The second-order valence-electron chi connectivity index (χ2n) is 8.21. The average molecular weight is 455 g/mol. The zero-order valence-electron chi connectivity index (χ0n) is 17.7. The van der Waals surface area contributed by atoms with Gasteiger partial charge in [-0.15, -0.1) is 0 Å². The molecule has 0 aliphatic carbocycles. The molecule has 3 heterocycles. The van der Waals surface area contributed by atoms with Gasteiger partial charge >= 0.3 is 0 Å². The summed E-state index contributed by atoms with van der Waals surface area (Å²) in [6, 6.07) is 8.37. The molecular weight excluding hydrogens is 435 g/mol. The molecule has 2 aliphatic heterocycles. The van der Waals surface area contributed by atoms with Gasteiger partial charge in [-0.2, -0.15) is 5.10 Å². The van der Waals surface area contributed by atoms with Crippen LogP contribution < -0.4 is 10.2 Å². The van der Waals surface area contributed by atoms with Crippen LogP contribution in [-0.4, -0.2) is 40.3 Å². The van der Waals surface area contributed by atoms with E-state index in [1.807, 2.05) is 0 Å². The standard InChI is InChI=1S/C24H20F3N3O3/c1-33-23-18(31)12-28-30-21(17-9-4-10-29(17)24(32)22(23)30)19(13-5-2-6-14(25)11-13)15-7-3-8-16(26)20(15)27/h2-3,5-8,11-12,17,19,21H,4,9-10H2,1H3/t17-,19-,21-/m1/s1. The van der Waals surface area contributed by atoms with Crippen LogP contribution in [0.4, 0.5) is 13.2 Å². The Balaban J connectivity index is 1.82. The van der Waals surface area contributed by atoms with E-state index in [0.717, 1.165) is 12.3 Å². The van der Waals surface area contributed by atoms with Crippen LogP contribution in [0.1, 0.15) is 46.4 Å². The molecule has 0 bridgehead atoms. The number of ether oxygens (including phenoxy) is 1. The quantitative estimate of drug-likeness (QED) is 0.603. The van der Waals surface area contributed by atoms with Gasteiger partial charge in [-0.05, 0) is 36.6 Å². The first-order valence-corrected chi connectivity index (χ1v) is 10.6. The fourth-order valence-electron chi connectivity index (χ4n) is 5.15. The Labute approximate surface area is 187 Å². The molecule has 1 amide bonds. The molecule has 1 aromatic heterocycles. The third kappa shape index (κ3) is 3.30. The number of hydrogen-bond donors (Lipinski definition) is 0. The van der Waals surface area contributed by atoms with Gasteiger partial charge in [0.25, 0.3) is 5.91 Å². The molecule has 3 atom stereocenters. The fourth-order valence-corrected chi connectivity index (χ4v) is 5.15. The molecule has 5 rings (SSSR count). The van der Waals surface area contributed by atoms with Crippen LogP contribution in [0.3, 0.4) is 0 Å². The van der Waals surface area contributed by atoms with Crippen LogP contribution in [0.25, 0.3) is 0 Å². The molecule has 2 aromatic carbocycles. The number of benzene rings is 2. The van der Waals surface area contributed by atoms with E-state index < -0.39 is 46.8 Å². The largest absolute Gasteiger partial charge is 0.491 e. The number of aromatic nitrogens is 2. The highest BCUT2D eigenvalue weighted by atomic mass is 19.2. The van der Waals surface area contributed by atoms with Crippen LogP contribution in [0.15, 0.2) is 53.5 Å². The molecule has 3 aromatic rings. The highest BCUT2D eigenvalue weighted by Crippen LogP contribution is 2.46. The first-order valence-electron chi connectivity index (χ1n) is 10.6. The molecule has 1 saturated heterocycles. The van der Waals surface area contributed by atoms with Crippen LogP contribution >= 0.6 is 0 Å². The van der Waals surface area contributed by atoms with Crippen LogP contribution in [0, 0.1) is 17.5 Å². The number of nitrogens with zero attached hydrogens (tertiary/aromatic N) is 3. The second kappa shape index (κ2) is 8.06. The number of fused-ring (bicyclic) bond motifs is 2. The summed E-state index contributed by atoms with van der Waals surface area (Å²) >= 11 is 0. The Morgan fingerprint density at radius 2 is 1.91 bits per heavy atom. The Morgan fingerprint density at radius 3 is 2.67 bits per heavy atom. The number of carbonyl (C=O) groups is 1. The number of halogens is 3. The summed E-state index contributed by atoms with van der Waals surface area (Å²) in [6.07, 6.45) is 2.32. The molecule has 170 valence electrons. The Morgan fingerprint density at radius 1 is 1.12 bits per heavy atom. The smallest absolute Gasteiger partial charge is 0.276 e. The van der Waals surface area contributed by atoms with Gasteiger partial charge in [0.1, 0.15) is 5.82 Å². The van der Waals surface area contributed by atoms with E-state index in [4.69, 9.17) is 4.74 Å². The summed E-state index contributed by atoms with van der Waals surface area (Å²) in [4.78, 5) is 27.3. The van der Waals surface area contributed by atoms with Crippen molar-refractivity contribution in [3.63, 3.8) is 0 Å². The molecule has 0 radical (unpaired) electrons. The Kier molecular flexibility index (Phi) is 5.19. The maximum atomic E-state index is 15.1. The van der Waals surface area contributed by atoms with Crippen molar-refractivity contribution in [2.45, 2.75) is 30.8 Å². The molecule has 2 aliphatic rings. The van der Waals surface area contributed by atoms with Crippen molar-refractivity contribution < 1.29 is 22.7 Å². The van der Waals surface area contributed by atoms with E-state index in [-0.39, 0.29) is 17.0 Å². The molecule has 0 saturated carbocycles. The fraction of sp³-hybridized carbons (Fsp3) is 0.292. The first kappa shape index (κ1) is 21.2. The summed E-state index contributed by atoms with van der Waals surface area (Å²) in [7, 11) is 1.28. The lowest BCUT2D eigenvalue weighted by Crippen LogP contribution is -2.51. The van der Waals surface area contributed by atoms with E-state index in [1.165, 1.54) is 42.1 Å². The van der Waals surface area contributed by atoms with Crippen LogP contribution in [0.5, 0.6) is 5.75 Å². The second-order valence-corrected chi connectivity index (χ2v) is 8.21. The SMILES string of the molecule is COc1c2n(ncc1=O)[C@@H]([C@H](c1cccc(F)c1)c1cccc(F)c1F)[C@H]1CCCN1C2=O. The Bertz CT molecular complexity index is 1310. The number of rotatable bonds is 4. The van der Waals surface area contributed by atoms with Crippen molar-refractivity contribution in [2.24, 2.45) is 0 Å². The van der Waals surface area contributed by atoms with Gasteiger partial charge in [0, 0.05) is 18.0 Å². The summed E-state index contributed by atoms with van der Waals surface area (Å²) in [5.41, 5.74) is -0.201. The summed E-state index contributed by atoms with van der Waals surface area (Å²) in [6.45, 7) is 0.438. The number of hydrogen-bond acceptors (Lipinski definition) is 4. The van der Waals surface area contributed by atoms with Gasteiger partial charge in [-0.3, -0.25) is 14.3 Å². The van der Waals surface area contributed by atoms with Gasteiger partial charge in [0.05, 0.1) is 25.4 Å². The minimum atomic E-state index is -1.05. The minimum absolute atomic E-state index is 0.0113. The van der Waals surface area contributed by atoms with Gasteiger partial charge in [-0.25, -0.2) is 13.2 Å². The van der Waals surface area contributed by atoms with E-state index in [9.17, 15) is 18.4 Å². The van der Waals surface area contributed by atoms with Crippen molar-refractivity contribution in [1.82, 2.24) is 14.7 Å². The molecule has 33 heavy (non-hydrogen) atoms. The van der Waals surface area contributed by atoms with Crippen molar-refractivity contribution in [2.75, 3.05) is 13.7 Å². The number of amides is 1. The maximum absolute atomic E-state index is 15.1. The van der Waals surface area contributed by atoms with E-state index in [0.29, 0.717) is 24.9 Å². The molecule has 0 unspecified atom stereocenters. The highest BCUT2D eigenvalue weighted by Gasteiger charge is 2.48. The van der Waals surface area contributed by atoms with Crippen LogP contribution in [-0.2, 0) is 0 Å². The topological polar surface area (TPSA) is 64.4 Å². The van der Waals surface area contributed by atoms with Gasteiger partial charge in [-0.1, -0.05) is 24.3 Å². The predicted molar refractivity (Wildman–Crippen MR) is 113 cm³/mol. The van der Waals surface area contributed by atoms with Crippen molar-refractivity contribution in [1.29, 1.82) is 0 Å². The zero-order chi connectivity index (χ0) is 23.3. The van der Waals surface area contributed by atoms with E-state index in [1.54, 1.807) is 11.0 Å². The summed E-state index contributed by atoms with van der Waals surface area (Å²) < 4.78 is 50.3. The molecule has 1 fully saturated rings. The molecule has 6 nitrogen and oxygen atoms in total. The van der Waals surface area contributed by atoms with Gasteiger partial charge < -0.3 is 9.64 Å². The third-order valence-electron chi connectivity index (χ3n) is 6.48. The minimum Gasteiger partial charge on any atom is -0.491 e. The molecule has 0 spiro atoms. The lowest BCUT2D eigenvalue weighted by atomic mass is 9.79. The van der Waals surface area contributed by atoms with E-state index >= 15 is 4.39 Å². The summed E-state index contributed by atoms with van der Waals surface area (Å²) in [5.74, 6) is -4.09. The lowest BCUT2D eigenvalue weighted by Gasteiger charge is -2.42. The van der Waals surface area contributed by atoms with Gasteiger partial charge in [0.2, 0.25) is 5.43 Å². The van der Waals surface area contributed by atoms with Crippen molar-refractivity contribution >= 4 is 5.91 Å². The van der Waals surface area contributed by atoms with Gasteiger partial charge in [0.15, 0.2) is 23.1 Å². The lowest BCUT2D eigenvalue weighted by molar-refractivity contribution is 0.0563. The number of methoxy groups -OCH3 is 1. The highest BCUT2D eigenvalue weighted by molar-refractivity contribution is 5.96. The maximum Gasteiger partial charge on any atom is 0.276 e. The molecule has 9 heteroatoms. The Hall–Kier alpha value is -3.62. The van der Waals surface area contributed by atoms with Crippen LogP contribution in [0.2, 0.25) is 0 Å². The number of carbonyl (C=O) groups excluding carboxylic acids is 1. The first-order chi connectivity index (χ1) is 15.9. The third-order valence-corrected chi connectivity index (χ3v) is 6.48. The summed E-state index contributed by atoms with van der Waals surface area (Å²) in [5, 5.41) is 4.23. The normalized spacial score (nSPS) is 20.4. The monoisotopic (exact) mass is 455 g/mol. The van der Waals surface area contributed by atoms with E-state index in [2.05, 4.69) is 5.10 Å². The average Bonchev–Trinajstić information content (AvgIpc) is 3.29. The van der Waals surface area contributed by atoms with Crippen molar-refractivity contribution in [3.05, 3.63) is 93.2 Å².